The zero-order valence-corrected chi connectivity index (χ0v) is 12.5. The van der Waals surface area contributed by atoms with Crippen molar-refractivity contribution in [2.24, 2.45) is 0 Å². The van der Waals surface area contributed by atoms with Crippen molar-refractivity contribution in [3.63, 3.8) is 0 Å². The second kappa shape index (κ2) is 7.97. The van der Waals surface area contributed by atoms with Gasteiger partial charge < -0.3 is 10.1 Å². The molecule has 2 unspecified atom stereocenters. The molecule has 0 fully saturated rings. The number of carbonyl (C=O) groups is 1. The molecule has 0 aliphatic carbocycles. The van der Waals surface area contributed by atoms with E-state index >= 15 is 0 Å². The van der Waals surface area contributed by atoms with Crippen LogP contribution in [0.5, 0.6) is 0 Å². The summed E-state index contributed by atoms with van der Waals surface area (Å²) in [5, 5.41) is 2.86. The van der Waals surface area contributed by atoms with Gasteiger partial charge in [0.1, 0.15) is 5.82 Å². The van der Waals surface area contributed by atoms with Gasteiger partial charge in [-0.1, -0.05) is 12.1 Å². The van der Waals surface area contributed by atoms with Gasteiger partial charge in [0.25, 0.3) is 0 Å². The summed E-state index contributed by atoms with van der Waals surface area (Å²) in [4.78, 5) is 13.8. The Hall–Kier alpha value is -1.46. The van der Waals surface area contributed by atoms with Gasteiger partial charge in [-0.2, -0.15) is 0 Å². The Morgan fingerprint density at radius 2 is 1.95 bits per heavy atom. The van der Waals surface area contributed by atoms with E-state index in [9.17, 15) is 9.18 Å². The van der Waals surface area contributed by atoms with Gasteiger partial charge in [0.2, 0.25) is 5.91 Å². The topological polar surface area (TPSA) is 41.6 Å². The minimum Gasteiger partial charge on any atom is -0.383 e. The third-order valence-corrected chi connectivity index (χ3v) is 3.23. The molecule has 0 aliphatic rings. The highest BCUT2D eigenvalue weighted by atomic mass is 19.1. The molecule has 0 saturated carbocycles. The van der Waals surface area contributed by atoms with E-state index in [1.54, 1.807) is 19.2 Å². The van der Waals surface area contributed by atoms with Gasteiger partial charge in [0.15, 0.2) is 0 Å². The van der Waals surface area contributed by atoms with E-state index in [0.29, 0.717) is 6.61 Å². The molecule has 112 valence electrons. The molecular formula is C15H23FN2O2. The van der Waals surface area contributed by atoms with Crippen molar-refractivity contribution in [1.29, 1.82) is 0 Å². The Bertz CT molecular complexity index is 422. The number of halogens is 1. The first-order chi connectivity index (χ1) is 9.43. The average Bonchev–Trinajstić information content (AvgIpc) is 2.38. The van der Waals surface area contributed by atoms with Gasteiger partial charge in [-0.15, -0.1) is 0 Å². The van der Waals surface area contributed by atoms with E-state index in [1.807, 2.05) is 25.8 Å². The van der Waals surface area contributed by atoms with E-state index in [-0.39, 0.29) is 30.4 Å². The fourth-order valence-electron chi connectivity index (χ4n) is 1.97. The van der Waals surface area contributed by atoms with Crippen molar-refractivity contribution in [1.82, 2.24) is 10.2 Å². The highest BCUT2D eigenvalue weighted by Crippen LogP contribution is 2.18. The third-order valence-electron chi connectivity index (χ3n) is 3.23. The molecule has 20 heavy (non-hydrogen) atoms. The molecule has 1 rings (SSSR count). The van der Waals surface area contributed by atoms with Crippen LogP contribution in [0, 0.1) is 5.82 Å². The second-order valence-corrected chi connectivity index (χ2v) is 5.07. The normalized spacial score (nSPS) is 14.1. The maximum atomic E-state index is 12.9. The smallest absolute Gasteiger partial charge is 0.234 e. The number of likely N-dealkylation sites (N-methyl/N-ethyl adjacent to an activating group) is 1. The summed E-state index contributed by atoms with van der Waals surface area (Å²) >= 11 is 0. The number of ether oxygens (including phenoxy) is 1. The monoisotopic (exact) mass is 282 g/mol. The van der Waals surface area contributed by atoms with Gasteiger partial charge in [-0.3, -0.25) is 9.69 Å². The lowest BCUT2D eigenvalue weighted by molar-refractivity contribution is -0.123. The Kier molecular flexibility index (Phi) is 6.61. The highest BCUT2D eigenvalue weighted by molar-refractivity contribution is 5.78. The third kappa shape index (κ3) is 5.27. The summed E-state index contributed by atoms with van der Waals surface area (Å²) in [5.74, 6) is -0.305. The lowest BCUT2D eigenvalue weighted by Gasteiger charge is -2.25. The maximum absolute atomic E-state index is 12.9. The highest BCUT2D eigenvalue weighted by Gasteiger charge is 2.16. The molecule has 1 N–H and O–H groups in total. The number of amides is 1. The predicted molar refractivity (Wildman–Crippen MR) is 76.9 cm³/mol. The van der Waals surface area contributed by atoms with Crippen LogP contribution < -0.4 is 5.32 Å². The molecular weight excluding hydrogens is 259 g/mol. The van der Waals surface area contributed by atoms with E-state index < -0.39 is 0 Å². The largest absolute Gasteiger partial charge is 0.383 e. The Labute approximate surface area is 119 Å². The molecule has 0 saturated heterocycles. The molecule has 1 aromatic carbocycles. The average molecular weight is 282 g/mol. The van der Waals surface area contributed by atoms with Crippen LogP contribution in [-0.2, 0) is 9.53 Å². The number of carbonyl (C=O) groups excluding carboxylic acids is 1. The first-order valence-corrected chi connectivity index (χ1v) is 6.68. The van der Waals surface area contributed by atoms with E-state index in [0.717, 1.165) is 5.56 Å². The number of rotatable bonds is 7. The summed E-state index contributed by atoms with van der Waals surface area (Å²) in [6, 6.07) is 6.37. The number of nitrogens with one attached hydrogen (secondary N) is 1. The van der Waals surface area contributed by atoms with E-state index in [4.69, 9.17) is 4.74 Å². The molecule has 0 bridgehead atoms. The minimum absolute atomic E-state index is 0.0120. The van der Waals surface area contributed by atoms with Crippen LogP contribution in [0.25, 0.3) is 0 Å². The zero-order chi connectivity index (χ0) is 15.1. The standard InChI is InChI=1S/C15H23FN2O2/c1-11(10-20-4)17-15(19)9-18(3)12(2)13-5-7-14(16)8-6-13/h5-8,11-12H,9-10H2,1-4H3,(H,17,19). The molecule has 0 spiro atoms. The Balaban J connectivity index is 2.50. The molecule has 2 atom stereocenters. The second-order valence-electron chi connectivity index (χ2n) is 5.07. The fourth-order valence-corrected chi connectivity index (χ4v) is 1.97. The molecule has 0 aliphatic heterocycles. The number of hydrogen-bond donors (Lipinski definition) is 1. The van der Waals surface area contributed by atoms with Gasteiger partial charge in [0.05, 0.1) is 13.2 Å². The fraction of sp³-hybridized carbons (Fsp3) is 0.533. The van der Waals surface area contributed by atoms with Crippen molar-refractivity contribution in [2.75, 3.05) is 27.3 Å². The van der Waals surface area contributed by atoms with Crippen molar-refractivity contribution in [3.8, 4) is 0 Å². The van der Waals surface area contributed by atoms with E-state index in [2.05, 4.69) is 5.32 Å². The molecule has 0 heterocycles. The van der Waals surface area contributed by atoms with E-state index in [1.165, 1.54) is 12.1 Å². The van der Waals surface area contributed by atoms with Crippen LogP contribution in [0.2, 0.25) is 0 Å². The predicted octanol–water partition coefficient (Wildman–Crippen LogP) is 1.97. The van der Waals surface area contributed by atoms with Gasteiger partial charge in [-0.05, 0) is 38.6 Å². The summed E-state index contributed by atoms with van der Waals surface area (Å²) in [6.07, 6.45) is 0. The van der Waals surface area contributed by atoms with Crippen molar-refractivity contribution < 1.29 is 13.9 Å². The summed E-state index contributed by atoms with van der Waals surface area (Å²) in [6.45, 7) is 4.65. The quantitative estimate of drug-likeness (QED) is 0.831. The SMILES string of the molecule is COCC(C)NC(=O)CN(C)C(C)c1ccc(F)cc1. The maximum Gasteiger partial charge on any atom is 0.234 e. The van der Waals surface area contributed by atoms with Gasteiger partial charge >= 0.3 is 0 Å². The van der Waals surface area contributed by atoms with Crippen molar-refractivity contribution >= 4 is 5.91 Å². The van der Waals surface area contributed by atoms with Crippen LogP contribution in [0.4, 0.5) is 4.39 Å². The van der Waals surface area contributed by atoms with Crippen LogP contribution in [0.1, 0.15) is 25.5 Å². The number of hydrogen-bond acceptors (Lipinski definition) is 3. The van der Waals surface area contributed by atoms with Crippen molar-refractivity contribution in [2.45, 2.75) is 25.9 Å². The lowest BCUT2D eigenvalue weighted by Crippen LogP contribution is -2.42. The molecule has 1 amide bonds. The summed E-state index contributed by atoms with van der Waals surface area (Å²) < 4.78 is 17.9. The first-order valence-electron chi connectivity index (χ1n) is 6.68. The molecule has 4 nitrogen and oxygen atoms in total. The number of methoxy groups -OCH3 is 1. The zero-order valence-electron chi connectivity index (χ0n) is 12.5. The van der Waals surface area contributed by atoms with Crippen LogP contribution in [0.3, 0.4) is 0 Å². The van der Waals surface area contributed by atoms with Crippen molar-refractivity contribution in [3.05, 3.63) is 35.6 Å². The van der Waals surface area contributed by atoms with Crippen LogP contribution in [-0.4, -0.2) is 44.2 Å². The molecule has 0 aromatic heterocycles. The number of nitrogens with zero attached hydrogens (tertiary/aromatic N) is 1. The van der Waals surface area contributed by atoms with Crippen LogP contribution >= 0.6 is 0 Å². The summed E-state index contributed by atoms with van der Waals surface area (Å²) in [5.41, 5.74) is 0.978. The Morgan fingerprint density at radius 3 is 2.50 bits per heavy atom. The number of benzene rings is 1. The first kappa shape index (κ1) is 16.6. The molecule has 0 radical (unpaired) electrons. The molecule has 5 heteroatoms. The Morgan fingerprint density at radius 1 is 1.35 bits per heavy atom. The molecule has 1 aromatic rings. The lowest BCUT2D eigenvalue weighted by atomic mass is 10.1. The van der Waals surface area contributed by atoms with Gasteiger partial charge in [0, 0.05) is 19.2 Å². The van der Waals surface area contributed by atoms with Gasteiger partial charge in [-0.25, -0.2) is 4.39 Å². The minimum atomic E-state index is -0.255. The summed E-state index contributed by atoms with van der Waals surface area (Å²) in [7, 11) is 3.47. The van der Waals surface area contributed by atoms with Crippen LogP contribution in [0.15, 0.2) is 24.3 Å².